The van der Waals surface area contributed by atoms with Crippen molar-refractivity contribution in [2.45, 2.75) is 55.6 Å². The van der Waals surface area contributed by atoms with Gasteiger partial charge >= 0.3 is 0 Å². The lowest BCUT2D eigenvalue weighted by atomic mass is 9.93. The van der Waals surface area contributed by atoms with Crippen molar-refractivity contribution in [1.29, 1.82) is 0 Å². The number of amides is 1. The van der Waals surface area contributed by atoms with Crippen molar-refractivity contribution < 1.29 is 18.3 Å². The number of benzene rings is 1. The molecule has 0 spiro atoms. The normalized spacial score (nSPS) is 25.5. The average Bonchev–Trinajstić information content (AvgIpc) is 3.01. The van der Waals surface area contributed by atoms with Gasteiger partial charge in [-0.3, -0.25) is 4.79 Å². The highest BCUT2D eigenvalue weighted by molar-refractivity contribution is 7.89. The molecule has 1 heterocycles. The summed E-state index contributed by atoms with van der Waals surface area (Å²) in [6.07, 6.45) is 3.95. The van der Waals surface area contributed by atoms with Gasteiger partial charge in [0.05, 0.1) is 17.0 Å². The molecule has 1 saturated heterocycles. The molecule has 2 aliphatic rings. The van der Waals surface area contributed by atoms with E-state index in [1.807, 2.05) is 0 Å². The van der Waals surface area contributed by atoms with Crippen LogP contribution in [-0.4, -0.2) is 49.5 Å². The fraction of sp³-hybridized carbons (Fsp3) is 0.588. The topological polar surface area (TPSA) is 77.9 Å². The first-order valence-corrected chi connectivity index (χ1v) is 9.92. The average molecular weight is 352 g/mol. The lowest BCUT2D eigenvalue weighted by Gasteiger charge is -2.34. The van der Waals surface area contributed by atoms with Crippen LogP contribution in [0.2, 0.25) is 0 Å². The molecule has 2 atom stereocenters. The van der Waals surface area contributed by atoms with Gasteiger partial charge in [0.2, 0.25) is 15.9 Å². The van der Waals surface area contributed by atoms with Crippen LogP contribution in [0.4, 0.5) is 5.69 Å². The van der Waals surface area contributed by atoms with E-state index < -0.39 is 16.1 Å². The van der Waals surface area contributed by atoms with E-state index in [0.717, 1.165) is 24.9 Å². The van der Waals surface area contributed by atoms with Crippen molar-refractivity contribution in [2.24, 2.45) is 0 Å². The van der Waals surface area contributed by atoms with Crippen molar-refractivity contribution >= 4 is 21.6 Å². The van der Waals surface area contributed by atoms with E-state index in [1.165, 1.54) is 11.4 Å². The molecule has 24 heavy (non-hydrogen) atoms. The van der Waals surface area contributed by atoms with Crippen LogP contribution < -0.4 is 4.90 Å². The lowest BCUT2D eigenvalue weighted by molar-refractivity contribution is -0.117. The number of carbonyl (C=O) groups excluding carboxylic acids is 1. The summed E-state index contributed by atoms with van der Waals surface area (Å²) in [4.78, 5) is 13.7. The minimum absolute atomic E-state index is 0.0769. The molecule has 7 heteroatoms. The maximum atomic E-state index is 12.8. The van der Waals surface area contributed by atoms with Crippen LogP contribution >= 0.6 is 0 Å². The zero-order valence-corrected chi connectivity index (χ0v) is 14.7. The zero-order chi connectivity index (χ0) is 17.3. The van der Waals surface area contributed by atoms with Gasteiger partial charge in [0.25, 0.3) is 0 Å². The Morgan fingerprint density at radius 1 is 1.12 bits per heavy atom. The summed E-state index contributed by atoms with van der Waals surface area (Å²) in [5.74, 6) is 0.0769. The minimum Gasteiger partial charge on any atom is -0.391 e. The molecule has 1 aromatic carbocycles. The van der Waals surface area contributed by atoms with Crippen LogP contribution in [0.3, 0.4) is 0 Å². The highest BCUT2D eigenvalue weighted by Crippen LogP contribution is 2.28. The molecule has 1 saturated carbocycles. The molecule has 1 N–H and O–H groups in total. The van der Waals surface area contributed by atoms with Crippen molar-refractivity contribution in [2.75, 3.05) is 18.5 Å². The van der Waals surface area contributed by atoms with Crippen molar-refractivity contribution in [3.63, 3.8) is 0 Å². The summed E-state index contributed by atoms with van der Waals surface area (Å²) >= 11 is 0. The molecule has 0 aromatic heterocycles. The van der Waals surface area contributed by atoms with E-state index >= 15 is 0 Å². The van der Waals surface area contributed by atoms with Gasteiger partial charge in [0.1, 0.15) is 0 Å². The van der Waals surface area contributed by atoms with E-state index in [9.17, 15) is 18.3 Å². The standard InChI is InChI=1S/C17H24N2O4S/c1-18(15-5-2-3-6-16(15)20)24(22,23)14-10-8-13(9-11-14)19-12-4-7-17(19)21/h8-11,15-16,20H,2-7,12H2,1H3/t15-,16+/m1/s1. The lowest BCUT2D eigenvalue weighted by Crippen LogP contribution is -2.46. The van der Waals surface area contributed by atoms with Gasteiger partial charge in [0, 0.05) is 25.7 Å². The minimum atomic E-state index is -3.66. The molecular weight excluding hydrogens is 328 g/mol. The van der Waals surface area contributed by atoms with Crippen molar-refractivity contribution in [3.8, 4) is 0 Å². The Kier molecular flexibility index (Phi) is 4.94. The van der Waals surface area contributed by atoms with Crippen molar-refractivity contribution in [3.05, 3.63) is 24.3 Å². The van der Waals surface area contributed by atoms with Crippen LogP contribution in [0.15, 0.2) is 29.2 Å². The maximum absolute atomic E-state index is 12.8. The zero-order valence-electron chi connectivity index (χ0n) is 13.9. The number of carbonyl (C=O) groups is 1. The Morgan fingerprint density at radius 2 is 1.79 bits per heavy atom. The third kappa shape index (κ3) is 3.20. The third-order valence-corrected chi connectivity index (χ3v) is 6.96. The number of sulfonamides is 1. The molecule has 1 amide bonds. The number of aliphatic hydroxyl groups is 1. The van der Waals surface area contributed by atoms with Gasteiger partial charge in [0.15, 0.2) is 0 Å². The number of rotatable bonds is 4. The van der Waals surface area contributed by atoms with Gasteiger partial charge < -0.3 is 10.0 Å². The number of hydrogen-bond acceptors (Lipinski definition) is 4. The summed E-state index contributed by atoms with van der Waals surface area (Å²) in [5, 5.41) is 10.1. The summed E-state index contributed by atoms with van der Waals surface area (Å²) in [7, 11) is -2.12. The Morgan fingerprint density at radius 3 is 2.38 bits per heavy atom. The highest BCUT2D eigenvalue weighted by atomic mass is 32.2. The monoisotopic (exact) mass is 352 g/mol. The van der Waals surface area contributed by atoms with E-state index in [4.69, 9.17) is 0 Å². The second-order valence-electron chi connectivity index (χ2n) is 6.58. The van der Waals surface area contributed by atoms with Gasteiger partial charge in [-0.25, -0.2) is 8.42 Å². The Bertz CT molecular complexity index is 702. The van der Waals surface area contributed by atoms with Crippen LogP contribution in [0.25, 0.3) is 0 Å². The molecule has 0 radical (unpaired) electrons. The van der Waals surface area contributed by atoms with Gasteiger partial charge in [-0.05, 0) is 43.5 Å². The number of anilines is 1. The number of hydrogen-bond donors (Lipinski definition) is 1. The molecule has 3 rings (SSSR count). The van der Waals surface area contributed by atoms with Crippen LogP contribution in [0.1, 0.15) is 38.5 Å². The van der Waals surface area contributed by atoms with E-state index in [2.05, 4.69) is 0 Å². The Balaban J connectivity index is 1.80. The molecule has 0 bridgehead atoms. The Labute approximate surface area is 143 Å². The van der Waals surface area contributed by atoms with Gasteiger partial charge in [-0.1, -0.05) is 12.8 Å². The van der Waals surface area contributed by atoms with Crippen LogP contribution in [-0.2, 0) is 14.8 Å². The molecule has 1 aliphatic heterocycles. The summed E-state index contributed by atoms with van der Waals surface area (Å²) in [5.41, 5.74) is 0.733. The molecule has 0 unspecified atom stereocenters. The Hall–Kier alpha value is -1.44. The largest absolute Gasteiger partial charge is 0.391 e. The fourth-order valence-corrected chi connectivity index (χ4v) is 4.99. The molecular formula is C17H24N2O4S. The SMILES string of the molecule is CN([C@@H]1CCCC[C@@H]1O)S(=O)(=O)c1ccc(N2CCCC2=O)cc1. The first-order valence-electron chi connectivity index (χ1n) is 8.48. The molecule has 6 nitrogen and oxygen atoms in total. The molecule has 1 aromatic rings. The fourth-order valence-electron chi connectivity index (χ4n) is 3.58. The first-order chi connectivity index (χ1) is 11.4. The van der Waals surface area contributed by atoms with E-state index in [-0.39, 0.29) is 16.8 Å². The van der Waals surface area contributed by atoms with Gasteiger partial charge in [-0.2, -0.15) is 4.31 Å². The van der Waals surface area contributed by atoms with Crippen LogP contribution in [0, 0.1) is 0 Å². The smallest absolute Gasteiger partial charge is 0.243 e. The molecule has 1 aliphatic carbocycles. The summed E-state index contributed by atoms with van der Waals surface area (Å²) in [6, 6.07) is 6.08. The number of nitrogens with zero attached hydrogens (tertiary/aromatic N) is 2. The molecule has 2 fully saturated rings. The molecule has 132 valence electrons. The quantitative estimate of drug-likeness (QED) is 0.895. The maximum Gasteiger partial charge on any atom is 0.243 e. The number of likely N-dealkylation sites (N-methyl/N-ethyl adjacent to an activating group) is 1. The predicted octanol–water partition coefficient (Wildman–Crippen LogP) is 1.74. The van der Waals surface area contributed by atoms with E-state index in [1.54, 1.807) is 29.2 Å². The van der Waals surface area contributed by atoms with Gasteiger partial charge in [-0.15, -0.1) is 0 Å². The number of aliphatic hydroxyl groups excluding tert-OH is 1. The first kappa shape index (κ1) is 17.4. The van der Waals surface area contributed by atoms with E-state index in [0.29, 0.717) is 25.8 Å². The highest BCUT2D eigenvalue weighted by Gasteiger charge is 2.34. The van der Waals surface area contributed by atoms with Crippen LogP contribution in [0.5, 0.6) is 0 Å². The predicted molar refractivity (Wildman–Crippen MR) is 91.2 cm³/mol. The second-order valence-corrected chi connectivity index (χ2v) is 8.58. The summed E-state index contributed by atoms with van der Waals surface area (Å²) in [6.45, 7) is 0.680. The third-order valence-electron chi connectivity index (χ3n) is 5.06. The second kappa shape index (κ2) is 6.82. The van der Waals surface area contributed by atoms with Crippen molar-refractivity contribution in [1.82, 2.24) is 4.31 Å². The summed E-state index contributed by atoms with van der Waals surface area (Å²) < 4.78 is 26.9.